The number of carbonyl (C=O) groups excluding carboxylic acids is 2. The highest BCUT2D eigenvalue weighted by Crippen LogP contribution is 2.46. The molecule has 3 fully saturated rings. The Bertz CT molecular complexity index is 549. The number of methoxy groups -OCH3 is 2. The Morgan fingerprint density at radius 2 is 1.76 bits per heavy atom. The Kier molecular flexibility index (Phi) is 4.67. The van der Waals surface area contributed by atoms with Gasteiger partial charge in [-0.2, -0.15) is 0 Å². The van der Waals surface area contributed by atoms with Crippen LogP contribution in [-0.2, 0) is 28.4 Å². The van der Waals surface area contributed by atoms with Gasteiger partial charge in [0.25, 0.3) is 0 Å². The third-order valence-electron chi connectivity index (χ3n) is 6.28. The summed E-state index contributed by atoms with van der Waals surface area (Å²) in [6.45, 7) is 8.02. The molecular weight excluding hydrogens is 325 g/mol. The summed E-state index contributed by atoms with van der Waals surface area (Å²) in [5.41, 5.74) is -0.856. The van der Waals surface area contributed by atoms with Crippen molar-refractivity contribution in [2.24, 2.45) is 0 Å². The fraction of sp³-hybridized carbons (Fsp3) is 0.882. The monoisotopic (exact) mass is 353 g/mol. The second-order valence-corrected chi connectivity index (χ2v) is 8.24. The van der Waals surface area contributed by atoms with Crippen molar-refractivity contribution in [3.8, 4) is 0 Å². The maximum atomic E-state index is 12.8. The Morgan fingerprint density at radius 1 is 1.16 bits per heavy atom. The van der Waals surface area contributed by atoms with E-state index < -0.39 is 24.4 Å². The van der Waals surface area contributed by atoms with E-state index in [1.165, 1.54) is 7.11 Å². The molecule has 2 unspecified atom stereocenters. The van der Waals surface area contributed by atoms with Crippen molar-refractivity contribution in [1.82, 2.24) is 4.90 Å². The molecule has 0 spiro atoms. The lowest BCUT2D eigenvalue weighted by molar-refractivity contribution is -0.153. The third-order valence-corrected chi connectivity index (χ3v) is 6.28. The van der Waals surface area contributed by atoms with Gasteiger partial charge in [-0.15, -0.1) is 0 Å². The van der Waals surface area contributed by atoms with Crippen molar-refractivity contribution in [1.29, 1.82) is 0 Å². The van der Waals surface area contributed by atoms with Crippen LogP contribution in [0.2, 0.25) is 5.82 Å². The predicted molar refractivity (Wildman–Crippen MR) is 90.9 cm³/mol. The van der Waals surface area contributed by atoms with E-state index in [9.17, 15) is 9.59 Å². The highest BCUT2D eigenvalue weighted by atomic mass is 16.7. The first-order valence-corrected chi connectivity index (χ1v) is 8.88. The molecule has 0 radical (unpaired) electrons. The summed E-state index contributed by atoms with van der Waals surface area (Å²) in [4.78, 5) is 26.5. The van der Waals surface area contributed by atoms with Gasteiger partial charge >= 0.3 is 13.1 Å². The molecule has 25 heavy (non-hydrogen) atoms. The highest BCUT2D eigenvalue weighted by Gasteiger charge is 2.58. The van der Waals surface area contributed by atoms with Gasteiger partial charge in [0.2, 0.25) is 5.91 Å². The minimum atomic E-state index is -0.563. The van der Waals surface area contributed by atoms with Crippen molar-refractivity contribution < 1.29 is 28.4 Å². The first kappa shape index (κ1) is 18.7. The number of hydrogen-bond donors (Lipinski definition) is 0. The summed E-state index contributed by atoms with van der Waals surface area (Å²) in [6.07, 6.45) is 1.28. The smallest absolute Gasteiger partial charge is 0.461 e. The molecule has 3 rings (SSSR count). The minimum absolute atomic E-state index is 0.0520. The molecule has 8 heteroatoms. The number of carbonyl (C=O) groups is 2. The highest BCUT2D eigenvalue weighted by molar-refractivity contribution is 6.48. The average molecular weight is 353 g/mol. The number of piperidine rings is 1. The lowest BCUT2D eigenvalue weighted by Gasteiger charge is -2.38. The summed E-state index contributed by atoms with van der Waals surface area (Å²) < 4.78 is 22.7. The lowest BCUT2D eigenvalue weighted by atomic mass is 9.65. The van der Waals surface area contributed by atoms with Crippen LogP contribution in [0.15, 0.2) is 0 Å². The summed E-state index contributed by atoms with van der Waals surface area (Å²) in [5.74, 6) is -0.498. The van der Waals surface area contributed by atoms with Crippen molar-refractivity contribution in [3.05, 3.63) is 0 Å². The SMILES string of the molecule is COC(=O)[C@@H]1C[C@@H](OC)C2CC(B3OC(C)(C)C(C)(C)O3)CC(=O)N21. The molecule has 3 heterocycles. The zero-order valence-electron chi connectivity index (χ0n) is 15.9. The molecule has 3 aliphatic rings. The summed E-state index contributed by atoms with van der Waals surface area (Å²) >= 11 is 0. The first-order valence-electron chi connectivity index (χ1n) is 8.88. The lowest BCUT2D eigenvalue weighted by Crippen LogP contribution is -2.52. The van der Waals surface area contributed by atoms with Crippen LogP contribution < -0.4 is 0 Å². The maximum Gasteiger partial charge on any atom is 0.461 e. The molecule has 3 aliphatic heterocycles. The van der Waals surface area contributed by atoms with Gasteiger partial charge in [0.15, 0.2) is 0 Å². The van der Waals surface area contributed by atoms with Crippen LogP contribution in [0.1, 0.15) is 47.0 Å². The van der Waals surface area contributed by atoms with Crippen molar-refractivity contribution in [2.45, 2.75) is 82.2 Å². The van der Waals surface area contributed by atoms with Gasteiger partial charge in [-0.1, -0.05) is 0 Å². The maximum absolute atomic E-state index is 12.8. The zero-order chi connectivity index (χ0) is 18.6. The van der Waals surface area contributed by atoms with Gasteiger partial charge in [-0.05, 0) is 34.1 Å². The van der Waals surface area contributed by atoms with E-state index in [1.54, 1.807) is 12.0 Å². The van der Waals surface area contributed by atoms with E-state index in [2.05, 4.69) is 0 Å². The Balaban J connectivity index is 1.79. The van der Waals surface area contributed by atoms with Crippen LogP contribution in [0.25, 0.3) is 0 Å². The van der Waals surface area contributed by atoms with E-state index in [4.69, 9.17) is 18.8 Å². The number of nitrogens with zero attached hydrogens (tertiary/aromatic N) is 1. The first-order chi connectivity index (χ1) is 11.6. The van der Waals surface area contributed by atoms with Crippen molar-refractivity contribution in [2.75, 3.05) is 14.2 Å². The van der Waals surface area contributed by atoms with Crippen molar-refractivity contribution in [3.63, 3.8) is 0 Å². The summed E-state index contributed by atoms with van der Waals surface area (Å²) in [5, 5.41) is 0. The molecule has 3 saturated heterocycles. The Labute approximate surface area is 149 Å². The van der Waals surface area contributed by atoms with Gasteiger partial charge in [0.05, 0.1) is 30.5 Å². The molecular formula is C17H28BNO6. The van der Waals surface area contributed by atoms with Crippen LogP contribution in [0.5, 0.6) is 0 Å². The molecule has 0 aromatic carbocycles. The number of amides is 1. The molecule has 0 N–H and O–H groups in total. The number of fused-ring (bicyclic) bond motifs is 1. The Morgan fingerprint density at radius 3 is 2.28 bits per heavy atom. The minimum Gasteiger partial charge on any atom is -0.467 e. The third kappa shape index (κ3) is 2.98. The van der Waals surface area contributed by atoms with Gasteiger partial charge in [-0.3, -0.25) is 4.79 Å². The van der Waals surface area contributed by atoms with E-state index in [0.29, 0.717) is 19.3 Å². The fourth-order valence-electron chi connectivity index (χ4n) is 4.14. The van der Waals surface area contributed by atoms with Crippen LogP contribution in [0, 0.1) is 0 Å². The van der Waals surface area contributed by atoms with E-state index in [1.807, 2.05) is 27.7 Å². The fourth-order valence-corrected chi connectivity index (χ4v) is 4.14. The topological polar surface area (TPSA) is 74.3 Å². The largest absolute Gasteiger partial charge is 0.467 e. The predicted octanol–water partition coefficient (Wildman–Crippen LogP) is 1.40. The zero-order valence-corrected chi connectivity index (χ0v) is 15.9. The quantitative estimate of drug-likeness (QED) is 0.564. The average Bonchev–Trinajstić information content (AvgIpc) is 3.01. The molecule has 4 atom stereocenters. The molecule has 0 aliphatic carbocycles. The molecule has 7 nitrogen and oxygen atoms in total. The normalized spacial score (nSPS) is 36.5. The molecule has 0 aromatic heterocycles. The molecule has 140 valence electrons. The van der Waals surface area contributed by atoms with E-state index >= 15 is 0 Å². The van der Waals surface area contributed by atoms with Crippen molar-refractivity contribution >= 4 is 19.0 Å². The number of hydrogen-bond acceptors (Lipinski definition) is 6. The van der Waals surface area contributed by atoms with Gasteiger partial charge in [-0.25, -0.2) is 4.79 Å². The summed E-state index contributed by atoms with van der Waals surface area (Å²) in [6, 6.07) is -0.717. The van der Waals surface area contributed by atoms with Gasteiger partial charge in [0.1, 0.15) is 6.04 Å². The second-order valence-electron chi connectivity index (χ2n) is 8.24. The number of rotatable bonds is 3. The van der Waals surface area contributed by atoms with Gasteiger partial charge < -0.3 is 23.7 Å². The van der Waals surface area contributed by atoms with Crippen LogP contribution in [0.3, 0.4) is 0 Å². The van der Waals surface area contributed by atoms with E-state index in [0.717, 1.165) is 0 Å². The Hall–Kier alpha value is -1.12. The standard InChI is InChI=1S/C17H28BNO6/c1-16(2)17(3,4)25-18(24-16)10-7-11-13(22-5)9-12(15(21)23-6)19(11)14(20)8-10/h10-13H,7-9H2,1-6H3/t10?,11?,12-,13+/m0/s1. The van der Waals surface area contributed by atoms with Crippen LogP contribution >= 0.6 is 0 Å². The van der Waals surface area contributed by atoms with Crippen LogP contribution in [0.4, 0.5) is 0 Å². The van der Waals surface area contributed by atoms with E-state index in [-0.39, 0.29) is 29.8 Å². The number of ether oxygens (including phenoxy) is 2. The van der Waals surface area contributed by atoms with Gasteiger partial charge in [0, 0.05) is 25.8 Å². The second kappa shape index (κ2) is 6.25. The molecule has 0 bridgehead atoms. The molecule has 0 aromatic rings. The van der Waals surface area contributed by atoms with Crippen LogP contribution in [-0.4, -0.2) is 67.5 Å². The molecule has 0 saturated carbocycles. The molecule has 1 amide bonds. The number of esters is 1. The summed E-state index contributed by atoms with van der Waals surface area (Å²) in [7, 11) is 2.54.